The third-order valence-electron chi connectivity index (χ3n) is 3.87. The zero-order valence-corrected chi connectivity index (χ0v) is 14.4. The molecule has 24 heavy (non-hydrogen) atoms. The molecular formula is C18H19ClN4O. The predicted octanol–water partition coefficient (Wildman–Crippen LogP) is 3.98. The molecule has 2 N–H and O–H groups in total. The Morgan fingerprint density at radius 1 is 1.17 bits per heavy atom. The zero-order valence-electron chi connectivity index (χ0n) is 13.6. The zero-order chi connectivity index (χ0) is 17.1. The summed E-state index contributed by atoms with van der Waals surface area (Å²) in [5.41, 5.74) is 3.33. The first-order valence-electron chi connectivity index (χ1n) is 7.73. The fourth-order valence-corrected chi connectivity index (χ4v) is 2.72. The highest BCUT2D eigenvalue weighted by molar-refractivity contribution is 6.31. The van der Waals surface area contributed by atoms with Crippen LogP contribution in [0.2, 0.25) is 5.02 Å². The summed E-state index contributed by atoms with van der Waals surface area (Å²) in [7, 11) is 2.01. The van der Waals surface area contributed by atoms with Crippen molar-refractivity contribution in [1.82, 2.24) is 4.90 Å². The van der Waals surface area contributed by atoms with E-state index in [1.165, 1.54) is 0 Å². The Morgan fingerprint density at radius 3 is 2.58 bits per heavy atom. The molecule has 1 heterocycles. The van der Waals surface area contributed by atoms with E-state index in [-0.39, 0.29) is 6.03 Å². The van der Waals surface area contributed by atoms with Crippen molar-refractivity contribution in [1.29, 1.82) is 0 Å². The molecule has 1 aliphatic rings. The maximum Gasteiger partial charge on any atom is 0.323 e. The summed E-state index contributed by atoms with van der Waals surface area (Å²) in [6.07, 6.45) is 0. The second-order valence-corrected chi connectivity index (χ2v) is 6.16. The van der Waals surface area contributed by atoms with Gasteiger partial charge in [-0.05, 0) is 36.8 Å². The van der Waals surface area contributed by atoms with Gasteiger partial charge in [0.15, 0.2) is 0 Å². The summed E-state index contributed by atoms with van der Waals surface area (Å²) in [5, 5.41) is 6.24. The summed E-state index contributed by atoms with van der Waals surface area (Å²) in [6.45, 7) is 3.64. The number of benzene rings is 2. The van der Waals surface area contributed by atoms with E-state index in [9.17, 15) is 4.79 Å². The first-order chi connectivity index (χ1) is 11.5. The average Bonchev–Trinajstić information content (AvgIpc) is 2.97. The van der Waals surface area contributed by atoms with Gasteiger partial charge in [0.25, 0.3) is 0 Å². The van der Waals surface area contributed by atoms with Crippen molar-refractivity contribution in [2.45, 2.75) is 6.92 Å². The minimum atomic E-state index is -0.311. The molecule has 0 bridgehead atoms. The van der Waals surface area contributed by atoms with E-state index in [0.717, 1.165) is 30.1 Å². The number of rotatable bonds is 3. The van der Waals surface area contributed by atoms with Crippen molar-refractivity contribution >= 4 is 34.8 Å². The highest BCUT2D eigenvalue weighted by Gasteiger charge is 2.15. The Balaban J connectivity index is 1.69. The lowest BCUT2D eigenvalue weighted by atomic mass is 10.1. The Labute approximate surface area is 146 Å². The van der Waals surface area contributed by atoms with Crippen LogP contribution in [0.1, 0.15) is 11.1 Å². The Bertz CT molecular complexity index is 803. The van der Waals surface area contributed by atoms with Gasteiger partial charge in [-0.2, -0.15) is 0 Å². The minimum Gasteiger partial charge on any atom is -0.358 e. The van der Waals surface area contributed by atoms with Crippen LogP contribution in [0.5, 0.6) is 0 Å². The van der Waals surface area contributed by atoms with Gasteiger partial charge < -0.3 is 15.5 Å². The number of nitrogens with zero attached hydrogens (tertiary/aromatic N) is 2. The van der Waals surface area contributed by atoms with Gasteiger partial charge in [-0.15, -0.1) is 0 Å². The van der Waals surface area contributed by atoms with E-state index in [1.54, 1.807) is 6.07 Å². The summed E-state index contributed by atoms with van der Waals surface area (Å²) in [4.78, 5) is 18.8. The van der Waals surface area contributed by atoms with Gasteiger partial charge in [-0.3, -0.25) is 4.99 Å². The highest BCUT2D eigenvalue weighted by Crippen LogP contribution is 2.20. The Kier molecular flexibility index (Phi) is 4.71. The number of halogens is 1. The van der Waals surface area contributed by atoms with Gasteiger partial charge >= 0.3 is 6.03 Å². The van der Waals surface area contributed by atoms with Crippen molar-refractivity contribution in [2.24, 2.45) is 4.99 Å². The molecule has 0 atom stereocenters. The molecule has 124 valence electrons. The van der Waals surface area contributed by atoms with Crippen LogP contribution in [0.25, 0.3) is 0 Å². The smallest absolute Gasteiger partial charge is 0.323 e. The van der Waals surface area contributed by atoms with Crippen LogP contribution in [-0.4, -0.2) is 36.9 Å². The Morgan fingerprint density at radius 2 is 1.92 bits per heavy atom. The second-order valence-electron chi connectivity index (χ2n) is 5.75. The molecule has 0 saturated heterocycles. The first kappa shape index (κ1) is 16.3. The number of anilines is 2. The molecule has 0 saturated carbocycles. The van der Waals surface area contributed by atoms with Crippen molar-refractivity contribution < 1.29 is 4.79 Å². The van der Waals surface area contributed by atoms with E-state index < -0.39 is 0 Å². The third kappa shape index (κ3) is 3.68. The number of nitrogens with one attached hydrogen (secondary N) is 2. The van der Waals surface area contributed by atoms with Crippen molar-refractivity contribution in [3.8, 4) is 0 Å². The number of hydrogen-bond acceptors (Lipinski definition) is 3. The largest absolute Gasteiger partial charge is 0.358 e. The number of aryl methyl sites for hydroxylation is 1. The van der Waals surface area contributed by atoms with Gasteiger partial charge in [0.2, 0.25) is 0 Å². The number of hydrogen-bond donors (Lipinski definition) is 2. The van der Waals surface area contributed by atoms with Crippen molar-refractivity contribution in [3.05, 3.63) is 58.6 Å². The lowest BCUT2D eigenvalue weighted by Gasteiger charge is -2.15. The van der Waals surface area contributed by atoms with Crippen LogP contribution in [0.4, 0.5) is 16.2 Å². The number of amidine groups is 1. The molecule has 2 amide bonds. The van der Waals surface area contributed by atoms with Crippen LogP contribution in [-0.2, 0) is 0 Å². The minimum absolute atomic E-state index is 0.311. The van der Waals surface area contributed by atoms with E-state index in [2.05, 4.69) is 20.5 Å². The molecule has 0 aromatic heterocycles. The maximum atomic E-state index is 12.2. The van der Waals surface area contributed by atoms with Gasteiger partial charge in [0, 0.05) is 35.6 Å². The molecule has 6 heteroatoms. The molecule has 0 radical (unpaired) electrons. The molecule has 5 nitrogen and oxygen atoms in total. The summed E-state index contributed by atoms with van der Waals surface area (Å²) in [6, 6.07) is 12.8. The van der Waals surface area contributed by atoms with Crippen LogP contribution in [0, 0.1) is 6.92 Å². The number of amides is 2. The van der Waals surface area contributed by atoms with E-state index >= 15 is 0 Å². The molecule has 0 unspecified atom stereocenters. The summed E-state index contributed by atoms with van der Waals surface area (Å²) >= 11 is 6.08. The standard InChI is InChI=1S/C18H19ClN4O/c1-12-6-7-15(11-16(12)19)22-18(24)21-14-5-3-4-13(10-14)17-20-8-9-23(17)2/h3-7,10-11H,8-9H2,1-2H3,(H2,21,22,24). The van der Waals surface area contributed by atoms with Gasteiger partial charge in [0.1, 0.15) is 5.84 Å². The van der Waals surface area contributed by atoms with Crippen LogP contribution < -0.4 is 10.6 Å². The normalized spacial score (nSPS) is 13.6. The summed E-state index contributed by atoms with van der Waals surface area (Å²) in [5.74, 6) is 0.948. The molecule has 2 aromatic carbocycles. The number of carbonyl (C=O) groups excluding carboxylic acids is 1. The monoisotopic (exact) mass is 342 g/mol. The van der Waals surface area contributed by atoms with E-state index in [0.29, 0.717) is 16.4 Å². The van der Waals surface area contributed by atoms with E-state index in [4.69, 9.17) is 11.6 Å². The molecular weight excluding hydrogens is 324 g/mol. The molecule has 2 aromatic rings. The Hall–Kier alpha value is -2.53. The van der Waals surface area contributed by atoms with E-state index in [1.807, 2.05) is 50.4 Å². The van der Waals surface area contributed by atoms with Gasteiger partial charge in [-0.1, -0.05) is 29.8 Å². The molecule has 0 fully saturated rings. The predicted molar refractivity (Wildman–Crippen MR) is 99.3 cm³/mol. The summed E-state index contributed by atoms with van der Waals surface area (Å²) < 4.78 is 0. The average molecular weight is 343 g/mol. The lowest BCUT2D eigenvalue weighted by molar-refractivity contribution is 0.262. The number of urea groups is 1. The fourth-order valence-electron chi connectivity index (χ4n) is 2.54. The van der Waals surface area contributed by atoms with Gasteiger partial charge in [0.05, 0.1) is 6.54 Å². The third-order valence-corrected chi connectivity index (χ3v) is 4.27. The maximum absolute atomic E-state index is 12.2. The topological polar surface area (TPSA) is 56.7 Å². The van der Waals surface area contributed by atoms with Crippen LogP contribution >= 0.6 is 11.6 Å². The second kappa shape index (κ2) is 6.93. The number of likely N-dealkylation sites (N-methyl/N-ethyl adjacent to an activating group) is 1. The molecule has 3 rings (SSSR count). The quantitative estimate of drug-likeness (QED) is 0.886. The molecule has 0 spiro atoms. The number of aliphatic imine (C=N–C) groups is 1. The fraction of sp³-hybridized carbons (Fsp3) is 0.222. The lowest BCUT2D eigenvalue weighted by Crippen LogP contribution is -2.24. The van der Waals surface area contributed by atoms with Gasteiger partial charge in [-0.25, -0.2) is 4.79 Å². The van der Waals surface area contributed by atoms with Crippen LogP contribution in [0.3, 0.4) is 0 Å². The SMILES string of the molecule is Cc1ccc(NC(=O)Nc2cccc(C3=NCCN3C)c2)cc1Cl. The van der Waals surface area contributed by atoms with Crippen molar-refractivity contribution in [3.63, 3.8) is 0 Å². The number of carbonyl (C=O) groups is 1. The molecule has 0 aliphatic carbocycles. The highest BCUT2D eigenvalue weighted by atomic mass is 35.5. The van der Waals surface area contributed by atoms with Crippen molar-refractivity contribution in [2.75, 3.05) is 30.8 Å². The first-order valence-corrected chi connectivity index (χ1v) is 8.11. The van der Waals surface area contributed by atoms with Crippen LogP contribution in [0.15, 0.2) is 47.5 Å². The molecule has 1 aliphatic heterocycles.